The van der Waals surface area contributed by atoms with Crippen LogP contribution in [0.4, 0.5) is 0 Å². The Kier molecular flexibility index (Phi) is 7.81. The Morgan fingerprint density at radius 3 is 2.68 bits per heavy atom. The third kappa shape index (κ3) is 6.61. The summed E-state index contributed by atoms with van der Waals surface area (Å²) in [5, 5.41) is 3.14. The van der Waals surface area contributed by atoms with Crippen LogP contribution in [0.25, 0.3) is 11.1 Å². The Hall–Kier alpha value is -2.45. The Morgan fingerprint density at radius 2 is 1.86 bits per heavy atom. The van der Waals surface area contributed by atoms with Gasteiger partial charge in [0.15, 0.2) is 12.2 Å². The molecule has 28 heavy (non-hydrogen) atoms. The second-order valence-corrected chi connectivity index (χ2v) is 7.82. The van der Waals surface area contributed by atoms with E-state index in [0.717, 1.165) is 28.8 Å². The van der Waals surface area contributed by atoms with Gasteiger partial charge in [-0.15, -0.1) is 0 Å². The first-order chi connectivity index (χ1) is 13.7. The Labute approximate surface area is 171 Å². The molecule has 8 heteroatoms. The molecule has 3 aromatic rings. The number of rotatable bonds is 10. The maximum Gasteiger partial charge on any atom is 0.316 e. The highest BCUT2D eigenvalue weighted by atomic mass is 32.2. The van der Waals surface area contributed by atoms with Crippen LogP contribution in [0.15, 0.2) is 64.2 Å². The molecule has 0 aliphatic heterocycles. The fourth-order valence-corrected chi connectivity index (χ4v) is 3.75. The number of carbonyl (C=O) groups is 2. The summed E-state index contributed by atoms with van der Waals surface area (Å²) < 4.78 is 10.5. The van der Waals surface area contributed by atoms with E-state index in [4.69, 9.17) is 9.15 Å². The molecule has 0 unspecified atom stereocenters. The highest BCUT2D eigenvalue weighted by molar-refractivity contribution is 7.99. The highest BCUT2D eigenvalue weighted by Crippen LogP contribution is 2.23. The summed E-state index contributed by atoms with van der Waals surface area (Å²) in [5.41, 5.74) is 2.66. The number of para-hydroxylation sites is 2. The molecule has 0 aliphatic carbocycles. The van der Waals surface area contributed by atoms with E-state index < -0.39 is 5.97 Å². The third-order valence-electron chi connectivity index (χ3n) is 3.63. The molecule has 1 amide bonds. The summed E-state index contributed by atoms with van der Waals surface area (Å²) in [7, 11) is 0. The van der Waals surface area contributed by atoms with Gasteiger partial charge >= 0.3 is 5.97 Å². The molecule has 0 radical (unpaired) electrons. The highest BCUT2D eigenvalue weighted by Gasteiger charge is 2.11. The molecule has 3 rings (SSSR count). The van der Waals surface area contributed by atoms with Crippen LogP contribution >= 0.6 is 23.5 Å². The summed E-state index contributed by atoms with van der Waals surface area (Å²) in [6.07, 6.45) is 0. The lowest BCUT2D eigenvalue weighted by molar-refractivity contribution is -0.145. The second-order valence-electron chi connectivity index (χ2n) is 5.78. The standard InChI is InChI=1S/C20H20N2O4S2/c23-18(21-10-11-27-13-15-6-2-1-3-7-15)12-25-19(24)14-28-20-22-16-8-4-5-9-17(16)26-20/h1-9H,10-14H2,(H,21,23). The monoisotopic (exact) mass is 416 g/mol. The van der Waals surface area contributed by atoms with Gasteiger partial charge in [0, 0.05) is 18.1 Å². The number of carbonyl (C=O) groups excluding carboxylic acids is 2. The van der Waals surface area contributed by atoms with Gasteiger partial charge in [0.05, 0.1) is 0 Å². The van der Waals surface area contributed by atoms with Crippen molar-refractivity contribution in [2.24, 2.45) is 0 Å². The van der Waals surface area contributed by atoms with Crippen molar-refractivity contribution in [3.63, 3.8) is 0 Å². The number of oxazole rings is 1. The number of nitrogens with zero attached hydrogens (tertiary/aromatic N) is 1. The van der Waals surface area contributed by atoms with Crippen molar-refractivity contribution in [1.82, 2.24) is 10.3 Å². The maximum atomic E-state index is 11.8. The van der Waals surface area contributed by atoms with E-state index in [9.17, 15) is 9.59 Å². The fraction of sp³-hybridized carbons (Fsp3) is 0.250. The summed E-state index contributed by atoms with van der Waals surface area (Å²) in [6.45, 7) is 0.252. The summed E-state index contributed by atoms with van der Waals surface area (Å²) in [4.78, 5) is 27.8. The molecule has 0 fully saturated rings. The van der Waals surface area contributed by atoms with E-state index in [0.29, 0.717) is 17.4 Å². The lowest BCUT2D eigenvalue weighted by Gasteiger charge is -2.06. The average Bonchev–Trinajstić information content (AvgIpc) is 3.14. The number of hydrogen-bond donors (Lipinski definition) is 1. The third-order valence-corrected chi connectivity index (χ3v) is 5.46. The molecule has 0 spiro atoms. The van der Waals surface area contributed by atoms with Crippen molar-refractivity contribution in [3.8, 4) is 0 Å². The van der Waals surface area contributed by atoms with Gasteiger partial charge < -0.3 is 14.5 Å². The number of aromatic nitrogens is 1. The first-order valence-electron chi connectivity index (χ1n) is 8.73. The van der Waals surface area contributed by atoms with Crippen molar-refractivity contribution >= 4 is 46.5 Å². The molecule has 1 heterocycles. The molecule has 0 bridgehead atoms. The predicted molar refractivity (Wildman–Crippen MR) is 111 cm³/mol. The molecule has 1 aromatic heterocycles. The number of hydrogen-bond acceptors (Lipinski definition) is 7. The topological polar surface area (TPSA) is 81.4 Å². The van der Waals surface area contributed by atoms with Crippen molar-refractivity contribution < 1.29 is 18.7 Å². The van der Waals surface area contributed by atoms with Crippen LogP contribution in [0.5, 0.6) is 0 Å². The minimum atomic E-state index is -0.485. The summed E-state index contributed by atoms with van der Waals surface area (Å²) in [5.74, 6) is 0.940. The van der Waals surface area contributed by atoms with Crippen LogP contribution in [0.3, 0.4) is 0 Å². The summed E-state index contributed by atoms with van der Waals surface area (Å²) in [6, 6.07) is 17.5. The van der Waals surface area contributed by atoms with Crippen LogP contribution in [-0.2, 0) is 20.1 Å². The van der Waals surface area contributed by atoms with Crippen molar-refractivity contribution in [1.29, 1.82) is 0 Å². The first kappa shape index (κ1) is 20.3. The van der Waals surface area contributed by atoms with Crippen LogP contribution in [0, 0.1) is 0 Å². The number of esters is 1. The number of thioether (sulfide) groups is 2. The smallest absolute Gasteiger partial charge is 0.316 e. The van der Waals surface area contributed by atoms with Crippen LogP contribution in [0.1, 0.15) is 5.56 Å². The van der Waals surface area contributed by atoms with Crippen molar-refractivity contribution in [3.05, 3.63) is 60.2 Å². The largest absolute Gasteiger partial charge is 0.455 e. The normalized spacial score (nSPS) is 10.7. The van der Waals surface area contributed by atoms with Gasteiger partial charge in [0.25, 0.3) is 11.1 Å². The van der Waals surface area contributed by atoms with Gasteiger partial charge in [-0.3, -0.25) is 9.59 Å². The lowest BCUT2D eigenvalue weighted by Crippen LogP contribution is -2.30. The zero-order valence-corrected chi connectivity index (χ0v) is 16.8. The fourth-order valence-electron chi connectivity index (χ4n) is 2.30. The molecule has 0 saturated carbocycles. The molecule has 146 valence electrons. The zero-order chi connectivity index (χ0) is 19.6. The van der Waals surface area contributed by atoms with Crippen molar-refractivity contribution in [2.45, 2.75) is 11.0 Å². The molecular weight excluding hydrogens is 396 g/mol. The minimum Gasteiger partial charge on any atom is -0.455 e. The SMILES string of the molecule is O=C(COC(=O)CSc1nc2ccccc2o1)NCCSCc1ccccc1. The van der Waals surface area contributed by atoms with Crippen LogP contribution in [-0.4, -0.2) is 41.5 Å². The van der Waals surface area contributed by atoms with E-state index in [1.165, 1.54) is 5.56 Å². The summed E-state index contributed by atoms with van der Waals surface area (Å²) >= 11 is 2.88. The first-order valence-corrected chi connectivity index (χ1v) is 10.9. The Morgan fingerprint density at radius 1 is 1.07 bits per heavy atom. The van der Waals surface area contributed by atoms with Gasteiger partial charge in [-0.25, -0.2) is 4.98 Å². The molecule has 2 aromatic carbocycles. The zero-order valence-electron chi connectivity index (χ0n) is 15.1. The number of benzene rings is 2. The van der Waals surface area contributed by atoms with E-state index in [1.54, 1.807) is 11.8 Å². The predicted octanol–water partition coefficient (Wildman–Crippen LogP) is 3.51. The van der Waals surface area contributed by atoms with Gasteiger partial charge in [-0.1, -0.05) is 54.2 Å². The number of fused-ring (bicyclic) bond motifs is 1. The van der Waals surface area contributed by atoms with E-state index in [1.807, 2.05) is 42.5 Å². The molecule has 6 nitrogen and oxygen atoms in total. The quantitative estimate of drug-likeness (QED) is 0.308. The van der Waals surface area contributed by atoms with Gasteiger partial charge in [0.2, 0.25) is 0 Å². The van der Waals surface area contributed by atoms with E-state index >= 15 is 0 Å². The van der Waals surface area contributed by atoms with Gasteiger partial charge in [-0.05, 0) is 17.7 Å². The van der Waals surface area contributed by atoms with Gasteiger partial charge in [-0.2, -0.15) is 11.8 Å². The maximum absolute atomic E-state index is 11.8. The Bertz CT molecular complexity index is 882. The Balaban J connectivity index is 1.26. The van der Waals surface area contributed by atoms with Crippen molar-refractivity contribution in [2.75, 3.05) is 24.7 Å². The molecule has 0 atom stereocenters. The molecule has 0 saturated heterocycles. The minimum absolute atomic E-state index is 0.0348. The van der Waals surface area contributed by atoms with E-state index in [2.05, 4.69) is 22.4 Å². The number of ether oxygens (including phenoxy) is 1. The molecule has 1 N–H and O–H groups in total. The lowest BCUT2D eigenvalue weighted by atomic mass is 10.2. The van der Waals surface area contributed by atoms with Crippen LogP contribution < -0.4 is 5.32 Å². The van der Waals surface area contributed by atoms with Gasteiger partial charge in [0.1, 0.15) is 11.3 Å². The molecular formula is C20H20N2O4S2. The van der Waals surface area contributed by atoms with E-state index in [-0.39, 0.29) is 18.3 Å². The van der Waals surface area contributed by atoms with Crippen LogP contribution in [0.2, 0.25) is 0 Å². The number of nitrogens with one attached hydrogen (secondary N) is 1. The molecule has 0 aliphatic rings. The second kappa shape index (κ2) is 10.8. The average molecular weight is 417 g/mol. The number of amides is 1.